The molecule has 0 saturated carbocycles. The van der Waals surface area contributed by atoms with E-state index in [1.807, 2.05) is 58.3 Å². The second-order valence-electron chi connectivity index (χ2n) is 9.13. The summed E-state index contributed by atoms with van der Waals surface area (Å²) in [5.41, 5.74) is 1.86. The van der Waals surface area contributed by atoms with Crippen LogP contribution in [0.15, 0.2) is 42.3 Å². The Labute approximate surface area is 216 Å². The van der Waals surface area contributed by atoms with Crippen LogP contribution in [0.1, 0.15) is 52.5 Å². The van der Waals surface area contributed by atoms with Gasteiger partial charge < -0.3 is 24.4 Å². The summed E-state index contributed by atoms with van der Waals surface area (Å²) in [5, 5.41) is 3.42. The number of carbonyl (C=O) groups excluding carboxylic acids is 1. The number of anilines is 1. The third kappa shape index (κ3) is 16.3. The van der Waals surface area contributed by atoms with Crippen LogP contribution in [0.3, 0.4) is 0 Å². The van der Waals surface area contributed by atoms with Crippen LogP contribution in [-0.4, -0.2) is 69.0 Å². The van der Waals surface area contributed by atoms with Gasteiger partial charge in [-0.15, -0.1) is 11.6 Å². The quantitative estimate of drug-likeness (QED) is 0.131. The maximum atomic E-state index is 11.8. The van der Waals surface area contributed by atoms with E-state index in [0.717, 1.165) is 30.9 Å². The van der Waals surface area contributed by atoms with Crippen molar-refractivity contribution in [2.24, 2.45) is 0 Å². The number of esters is 1. The molecule has 1 aromatic rings. The van der Waals surface area contributed by atoms with E-state index < -0.39 is 5.60 Å². The molecule has 1 heterocycles. The van der Waals surface area contributed by atoms with E-state index in [1.165, 1.54) is 5.56 Å². The predicted octanol–water partition coefficient (Wildman–Crippen LogP) is 4.89. The number of pyridine rings is 1. The number of carbonyl (C=O) groups is 1. The highest BCUT2D eigenvalue weighted by molar-refractivity contribution is 6.17. The van der Waals surface area contributed by atoms with Crippen LogP contribution in [0.25, 0.3) is 0 Å². The van der Waals surface area contributed by atoms with E-state index in [-0.39, 0.29) is 12.4 Å². The molecule has 0 aliphatic carbocycles. The Balaban J connectivity index is 2.31. The number of aromatic nitrogens is 1. The number of allylic oxidation sites excluding steroid dienone is 3. The van der Waals surface area contributed by atoms with Crippen molar-refractivity contribution in [2.75, 3.05) is 57.3 Å². The molecule has 0 fully saturated rings. The Morgan fingerprint density at radius 3 is 2.63 bits per heavy atom. The van der Waals surface area contributed by atoms with Gasteiger partial charge in [-0.3, -0.25) is 4.79 Å². The van der Waals surface area contributed by atoms with Gasteiger partial charge in [0.2, 0.25) is 0 Å². The average molecular weight is 510 g/mol. The summed E-state index contributed by atoms with van der Waals surface area (Å²) in [6.45, 7) is 11.3. The van der Waals surface area contributed by atoms with E-state index in [4.69, 9.17) is 25.8 Å². The maximum Gasteiger partial charge on any atom is 0.308 e. The Hall–Kier alpha value is -2.09. The molecule has 0 aliphatic heterocycles. The van der Waals surface area contributed by atoms with E-state index in [0.29, 0.717) is 45.3 Å². The molecule has 0 aromatic carbocycles. The molecule has 0 bridgehead atoms. The minimum Gasteiger partial charge on any atom is -0.460 e. The van der Waals surface area contributed by atoms with Gasteiger partial charge in [0.25, 0.3) is 0 Å². The third-order valence-electron chi connectivity index (χ3n) is 4.87. The first-order valence-electron chi connectivity index (χ1n) is 12.4. The van der Waals surface area contributed by atoms with Gasteiger partial charge in [0.15, 0.2) is 0 Å². The number of rotatable bonds is 18. The zero-order chi connectivity index (χ0) is 25.9. The smallest absolute Gasteiger partial charge is 0.308 e. The molecular formula is C27H44ClN3O4. The normalized spacial score (nSPS) is 12.2. The highest BCUT2D eigenvalue weighted by Gasteiger charge is 2.15. The Bertz CT molecular complexity index is 778. The van der Waals surface area contributed by atoms with Crippen molar-refractivity contribution in [1.29, 1.82) is 0 Å². The summed E-state index contributed by atoms with van der Waals surface area (Å²) in [7, 11) is 2.03. The number of ether oxygens (including phenoxy) is 3. The zero-order valence-corrected chi connectivity index (χ0v) is 22.9. The van der Waals surface area contributed by atoms with Gasteiger partial charge in [-0.25, -0.2) is 4.98 Å². The van der Waals surface area contributed by atoms with Gasteiger partial charge in [-0.05, 0) is 57.4 Å². The largest absolute Gasteiger partial charge is 0.460 e. The number of likely N-dealkylation sites (N-methyl/N-ethyl adjacent to an activating group) is 1. The standard InChI is InChI=1S/C27H44ClN3O4/c1-6-23-11-15-30-25(22-23)31(5)17-21-34-20-16-29-24(10-8-7-9-14-28)12-18-33-19-13-26(32)35-27(2,3)4/h7-8,10-11,15,22,29H,6,9,12-14,16-21H2,1-5H3/b8-7-,24-10-. The summed E-state index contributed by atoms with van der Waals surface area (Å²) in [6.07, 6.45) is 10.7. The highest BCUT2D eigenvalue weighted by atomic mass is 35.5. The van der Waals surface area contributed by atoms with Gasteiger partial charge in [-0.2, -0.15) is 0 Å². The first-order chi connectivity index (χ1) is 16.7. The number of nitrogens with zero attached hydrogens (tertiary/aromatic N) is 2. The van der Waals surface area contributed by atoms with Crippen molar-refractivity contribution < 1.29 is 19.0 Å². The Morgan fingerprint density at radius 1 is 1.17 bits per heavy atom. The van der Waals surface area contributed by atoms with Gasteiger partial charge in [0, 0.05) is 44.3 Å². The van der Waals surface area contributed by atoms with Crippen LogP contribution in [0.4, 0.5) is 5.82 Å². The number of aryl methyl sites for hydroxylation is 1. The average Bonchev–Trinajstić information content (AvgIpc) is 2.81. The van der Waals surface area contributed by atoms with Gasteiger partial charge in [-0.1, -0.05) is 19.1 Å². The summed E-state index contributed by atoms with van der Waals surface area (Å²) < 4.78 is 16.7. The highest BCUT2D eigenvalue weighted by Crippen LogP contribution is 2.11. The molecule has 1 aromatic heterocycles. The maximum absolute atomic E-state index is 11.8. The first-order valence-corrected chi connectivity index (χ1v) is 13.0. The van der Waals surface area contributed by atoms with E-state index in [9.17, 15) is 4.79 Å². The molecule has 0 amide bonds. The van der Waals surface area contributed by atoms with Crippen molar-refractivity contribution in [3.05, 3.63) is 47.8 Å². The molecule has 8 heteroatoms. The second kappa shape index (κ2) is 18.2. The fourth-order valence-corrected chi connectivity index (χ4v) is 3.12. The SMILES string of the molecule is CCc1ccnc(N(C)CCOCCN/C(=C\C=C/CCCl)CCOCCC(=O)OC(C)(C)C)c1. The molecule has 1 rings (SSSR count). The third-order valence-corrected chi connectivity index (χ3v) is 5.09. The fraction of sp³-hybridized carbons (Fsp3) is 0.630. The zero-order valence-electron chi connectivity index (χ0n) is 22.1. The second-order valence-corrected chi connectivity index (χ2v) is 9.51. The van der Waals surface area contributed by atoms with Crippen molar-refractivity contribution >= 4 is 23.4 Å². The summed E-state index contributed by atoms with van der Waals surface area (Å²) >= 11 is 5.74. The summed E-state index contributed by atoms with van der Waals surface area (Å²) in [6, 6.07) is 4.16. The van der Waals surface area contributed by atoms with Gasteiger partial charge >= 0.3 is 5.97 Å². The van der Waals surface area contributed by atoms with Crippen LogP contribution in [0.5, 0.6) is 0 Å². The first kappa shape index (κ1) is 30.9. The van der Waals surface area contributed by atoms with Crippen LogP contribution >= 0.6 is 11.6 Å². The van der Waals surface area contributed by atoms with Gasteiger partial charge in [0.05, 0.1) is 32.8 Å². The number of alkyl halides is 1. The van der Waals surface area contributed by atoms with Crippen molar-refractivity contribution in [3.8, 4) is 0 Å². The monoisotopic (exact) mass is 509 g/mol. The van der Waals surface area contributed by atoms with E-state index in [1.54, 1.807) is 0 Å². The minimum atomic E-state index is -0.471. The van der Waals surface area contributed by atoms with Crippen molar-refractivity contribution in [3.63, 3.8) is 0 Å². The minimum absolute atomic E-state index is 0.243. The lowest BCUT2D eigenvalue weighted by molar-refractivity contribution is -0.156. The Morgan fingerprint density at radius 2 is 1.91 bits per heavy atom. The molecule has 1 N–H and O–H groups in total. The molecule has 0 radical (unpaired) electrons. The molecular weight excluding hydrogens is 466 g/mol. The van der Waals surface area contributed by atoms with Gasteiger partial charge in [0.1, 0.15) is 11.4 Å². The molecule has 0 spiro atoms. The lowest BCUT2D eigenvalue weighted by Gasteiger charge is -2.19. The van der Waals surface area contributed by atoms with Crippen molar-refractivity contribution in [1.82, 2.24) is 10.3 Å². The lowest BCUT2D eigenvalue weighted by Crippen LogP contribution is -2.26. The Kier molecular flexibility index (Phi) is 16.1. The summed E-state index contributed by atoms with van der Waals surface area (Å²) in [5.74, 6) is 1.32. The fourth-order valence-electron chi connectivity index (χ4n) is 3.00. The van der Waals surface area contributed by atoms with Crippen molar-refractivity contribution in [2.45, 2.75) is 59.0 Å². The van der Waals surface area contributed by atoms with E-state index >= 15 is 0 Å². The topological polar surface area (TPSA) is 72.9 Å². The predicted molar refractivity (Wildman–Crippen MR) is 144 cm³/mol. The molecule has 0 atom stereocenters. The number of hydrogen-bond acceptors (Lipinski definition) is 7. The van der Waals surface area contributed by atoms with E-state index in [2.05, 4.69) is 28.2 Å². The molecule has 0 saturated heterocycles. The number of hydrogen-bond donors (Lipinski definition) is 1. The molecule has 0 unspecified atom stereocenters. The molecule has 0 aliphatic rings. The number of halogens is 1. The van der Waals surface area contributed by atoms with Crippen LogP contribution in [0.2, 0.25) is 0 Å². The molecule has 198 valence electrons. The molecule has 35 heavy (non-hydrogen) atoms. The molecule has 7 nitrogen and oxygen atoms in total. The van der Waals surface area contributed by atoms with Crippen LogP contribution < -0.4 is 10.2 Å². The van der Waals surface area contributed by atoms with Crippen LogP contribution in [-0.2, 0) is 25.4 Å². The number of nitrogens with one attached hydrogen (secondary N) is 1. The van der Waals surface area contributed by atoms with Crippen LogP contribution in [0, 0.1) is 0 Å². The lowest BCUT2D eigenvalue weighted by atomic mass is 10.2. The summed E-state index contributed by atoms with van der Waals surface area (Å²) in [4.78, 5) is 18.3.